The van der Waals surface area contributed by atoms with Gasteiger partial charge in [0.2, 0.25) is 0 Å². The molecule has 0 atom stereocenters. The molecule has 0 bridgehead atoms. The van der Waals surface area contributed by atoms with Crippen LogP contribution in [0.15, 0.2) is 77.9 Å². The smallest absolute Gasteiger partial charge is 0.420 e. The minimum absolute atomic E-state index is 0.0151. The number of fused-ring (bicyclic) bond motifs is 3. The number of aliphatic hydroxyl groups excluding tert-OH is 1. The zero-order valence-electron chi connectivity index (χ0n) is 18.7. The van der Waals surface area contributed by atoms with Crippen LogP contribution >= 0.6 is 0 Å². The molecule has 10 heteroatoms. The van der Waals surface area contributed by atoms with Gasteiger partial charge in [-0.15, -0.1) is 0 Å². The van der Waals surface area contributed by atoms with Gasteiger partial charge in [0.15, 0.2) is 0 Å². The molecule has 0 saturated carbocycles. The minimum atomic E-state index is -4.74. The van der Waals surface area contributed by atoms with Crippen molar-refractivity contribution in [1.82, 2.24) is 14.5 Å². The third-order valence-electron chi connectivity index (χ3n) is 5.71. The SMILES string of the molecule is Nc1ccc(-c2ccc3ncc4ccc(=O)n(-c5ccc(OCCO)c(C(F)(F)F)c5)c4c3c2)cn1. The molecule has 3 N–H and O–H groups in total. The van der Waals surface area contributed by atoms with Crippen molar-refractivity contribution < 1.29 is 23.0 Å². The average molecular weight is 492 g/mol. The highest BCUT2D eigenvalue weighted by Crippen LogP contribution is 2.38. The van der Waals surface area contributed by atoms with Crippen molar-refractivity contribution in [3.05, 3.63) is 89.0 Å². The maximum Gasteiger partial charge on any atom is 0.420 e. The Morgan fingerprint density at radius 3 is 2.47 bits per heavy atom. The summed E-state index contributed by atoms with van der Waals surface area (Å²) in [5, 5.41) is 10.1. The van der Waals surface area contributed by atoms with E-state index in [1.54, 1.807) is 36.7 Å². The van der Waals surface area contributed by atoms with Crippen LogP contribution < -0.4 is 16.0 Å². The summed E-state index contributed by atoms with van der Waals surface area (Å²) in [4.78, 5) is 21.6. The van der Waals surface area contributed by atoms with E-state index in [0.717, 1.165) is 23.3 Å². The first kappa shape index (κ1) is 23.3. The van der Waals surface area contributed by atoms with Crippen LogP contribution in [0.25, 0.3) is 38.6 Å². The summed E-state index contributed by atoms with van der Waals surface area (Å²) < 4.78 is 47.9. The van der Waals surface area contributed by atoms with E-state index in [1.165, 1.54) is 16.7 Å². The van der Waals surface area contributed by atoms with E-state index in [2.05, 4.69) is 9.97 Å². The topological polar surface area (TPSA) is 103 Å². The highest BCUT2D eigenvalue weighted by atomic mass is 19.4. The summed E-state index contributed by atoms with van der Waals surface area (Å²) in [7, 11) is 0. The van der Waals surface area contributed by atoms with Gasteiger partial charge in [0, 0.05) is 34.8 Å². The maximum absolute atomic E-state index is 13.9. The molecule has 2 aromatic carbocycles. The number of benzene rings is 2. The van der Waals surface area contributed by atoms with Crippen LogP contribution in [0, 0.1) is 0 Å². The first-order valence-electron chi connectivity index (χ1n) is 10.9. The fourth-order valence-electron chi connectivity index (χ4n) is 4.08. The van der Waals surface area contributed by atoms with Crippen molar-refractivity contribution in [3.8, 4) is 22.6 Å². The second-order valence-electron chi connectivity index (χ2n) is 8.02. The van der Waals surface area contributed by atoms with Crippen LogP contribution in [0.4, 0.5) is 19.0 Å². The number of pyridine rings is 3. The monoisotopic (exact) mass is 492 g/mol. The van der Waals surface area contributed by atoms with Crippen molar-refractivity contribution >= 4 is 27.6 Å². The third-order valence-corrected chi connectivity index (χ3v) is 5.71. The highest BCUT2D eigenvalue weighted by Gasteiger charge is 2.35. The number of aromatic nitrogens is 3. The summed E-state index contributed by atoms with van der Waals surface area (Å²) in [6.07, 6.45) is -1.56. The zero-order valence-corrected chi connectivity index (χ0v) is 18.7. The molecular weight excluding hydrogens is 473 g/mol. The zero-order chi connectivity index (χ0) is 25.4. The van der Waals surface area contributed by atoms with Crippen LogP contribution in [0.1, 0.15) is 5.56 Å². The van der Waals surface area contributed by atoms with Gasteiger partial charge in [0.05, 0.1) is 28.9 Å². The van der Waals surface area contributed by atoms with E-state index in [0.29, 0.717) is 27.6 Å². The van der Waals surface area contributed by atoms with E-state index in [-0.39, 0.29) is 12.3 Å². The predicted octanol–water partition coefficient (Wildman–Crippen LogP) is 4.57. The number of alkyl halides is 3. The number of anilines is 1. The molecular formula is C26H19F3N4O3. The molecule has 7 nitrogen and oxygen atoms in total. The Balaban J connectivity index is 1.79. The summed E-state index contributed by atoms with van der Waals surface area (Å²) in [6, 6.07) is 15.2. The fourth-order valence-corrected chi connectivity index (χ4v) is 4.08. The molecule has 0 aliphatic heterocycles. The highest BCUT2D eigenvalue weighted by molar-refractivity contribution is 6.05. The van der Waals surface area contributed by atoms with Crippen molar-refractivity contribution in [1.29, 1.82) is 0 Å². The molecule has 5 rings (SSSR count). The Morgan fingerprint density at radius 2 is 1.75 bits per heavy atom. The Labute approximate surface area is 202 Å². The van der Waals surface area contributed by atoms with Crippen LogP contribution in [0.5, 0.6) is 5.75 Å². The van der Waals surface area contributed by atoms with Gasteiger partial charge in [-0.2, -0.15) is 13.2 Å². The van der Waals surface area contributed by atoms with Crippen molar-refractivity contribution in [2.75, 3.05) is 18.9 Å². The molecule has 0 amide bonds. The quantitative estimate of drug-likeness (QED) is 0.349. The molecule has 0 fully saturated rings. The minimum Gasteiger partial charge on any atom is -0.491 e. The number of hydrogen-bond acceptors (Lipinski definition) is 6. The normalized spacial score (nSPS) is 11.8. The Hall–Kier alpha value is -4.44. The second-order valence-corrected chi connectivity index (χ2v) is 8.02. The van der Waals surface area contributed by atoms with E-state index in [1.807, 2.05) is 12.1 Å². The molecule has 36 heavy (non-hydrogen) atoms. The van der Waals surface area contributed by atoms with Crippen LogP contribution in [0.2, 0.25) is 0 Å². The molecule has 3 aromatic heterocycles. The molecule has 0 aliphatic carbocycles. The number of hydrogen-bond donors (Lipinski definition) is 2. The number of halogens is 3. The van der Waals surface area contributed by atoms with Gasteiger partial charge in [0.25, 0.3) is 5.56 Å². The molecule has 0 saturated heterocycles. The molecule has 0 radical (unpaired) electrons. The Kier molecular flexibility index (Phi) is 5.81. The van der Waals surface area contributed by atoms with Crippen molar-refractivity contribution in [2.45, 2.75) is 6.18 Å². The van der Waals surface area contributed by atoms with Crippen LogP contribution in [0.3, 0.4) is 0 Å². The first-order valence-corrected chi connectivity index (χ1v) is 10.9. The molecule has 0 unspecified atom stereocenters. The summed E-state index contributed by atoms with van der Waals surface area (Å²) in [5.41, 5.74) is 6.67. The molecule has 5 aromatic rings. The fraction of sp³-hybridized carbons (Fsp3) is 0.115. The predicted molar refractivity (Wildman–Crippen MR) is 130 cm³/mol. The van der Waals surface area contributed by atoms with Gasteiger partial charge in [-0.3, -0.25) is 14.3 Å². The van der Waals surface area contributed by atoms with Crippen molar-refractivity contribution in [3.63, 3.8) is 0 Å². The van der Waals surface area contributed by atoms with E-state index in [9.17, 15) is 18.0 Å². The number of nitrogens with zero attached hydrogens (tertiary/aromatic N) is 3. The van der Waals surface area contributed by atoms with Gasteiger partial charge in [-0.25, -0.2) is 4.98 Å². The van der Waals surface area contributed by atoms with Gasteiger partial charge in [-0.05, 0) is 54.1 Å². The number of nitrogens with two attached hydrogens (primary N) is 1. The van der Waals surface area contributed by atoms with Gasteiger partial charge >= 0.3 is 6.18 Å². The van der Waals surface area contributed by atoms with Crippen LogP contribution in [-0.4, -0.2) is 32.9 Å². The third kappa shape index (κ3) is 4.22. The van der Waals surface area contributed by atoms with E-state index in [4.69, 9.17) is 15.6 Å². The largest absolute Gasteiger partial charge is 0.491 e. The summed E-state index contributed by atoms with van der Waals surface area (Å²) in [6.45, 7) is -0.734. The van der Waals surface area contributed by atoms with E-state index >= 15 is 0 Å². The first-order chi connectivity index (χ1) is 17.3. The molecule has 0 aliphatic rings. The van der Waals surface area contributed by atoms with Crippen LogP contribution in [-0.2, 0) is 6.18 Å². The molecule has 182 valence electrons. The second kappa shape index (κ2) is 8.97. The lowest BCUT2D eigenvalue weighted by atomic mass is 10.0. The average Bonchev–Trinajstić information content (AvgIpc) is 2.87. The van der Waals surface area contributed by atoms with Crippen molar-refractivity contribution in [2.24, 2.45) is 0 Å². The lowest BCUT2D eigenvalue weighted by Crippen LogP contribution is -2.19. The van der Waals surface area contributed by atoms with Gasteiger partial charge < -0.3 is 15.6 Å². The Morgan fingerprint density at radius 1 is 0.944 bits per heavy atom. The number of aliphatic hydroxyl groups is 1. The molecule has 3 heterocycles. The molecule has 0 spiro atoms. The summed E-state index contributed by atoms with van der Waals surface area (Å²) in [5.74, 6) is -0.0642. The number of ether oxygens (including phenoxy) is 1. The number of rotatable bonds is 5. The lowest BCUT2D eigenvalue weighted by molar-refractivity contribution is -0.139. The lowest BCUT2D eigenvalue weighted by Gasteiger charge is -2.17. The van der Waals surface area contributed by atoms with Gasteiger partial charge in [-0.1, -0.05) is 6.07 Å². The standard InChI is InChI=1S/C26H19F3N4O3/c27-26(28,29)20-12-18(4-6-22(20)36-10-9-34)33-24(35)8-3-17-14-31-21-5-1-15(11-19(21)25(17)33)16-2-7-23(30)32-13-16/h1-8,11-14,34H,9-10H2,(H2,30,32). The number of nitrogen functional groups attached to an aromatic ring is 1. The maximum atomic E-state index is 13.9. The summed E-state index contributed by atoms with van der Waals surface area (Å²) >= 11 is 0. The Bertz CT molecular complexity index is 1650. The van der Waals surface area contributed by atoms with Gasteiger partial charge in [0.1, 0.15) is 18.2 Å². The van der Waals surface area contributed by atoms with E-state index < -0.39 is 29.7 Å².